The third kappa shape index (κ3) is 8.69. The molecule has 0 aliphatic carbocycles. The van der Waals surface area contributed by atoms with Crippen LogP contribution in [0.5, 0.6) is 0 Å². The van der Waals surface area contributed by atoms with E-state index < -0.39 is 42.8 Å². The molecule has 0 aromatic heterocycles. The normalized spacial score (nSPS) is 11.7. The molecule has 0 saturated heterocycles. The molecule has 214 valence electrons. The van der Waals surface area contributed by atoms with Gasteiger partial charge in [-0.25, -0.2) is 4.79 Å². The predicted octanol–water partition coefficient (Wildman–Crippen LogP) is 3.01. The first-order chi connectivity index (χ1) is 19.6. The Morgan fingerprint density at radius 2 is 1.56 bits per heavy atom. The zero-order valence-electron chi connectivity index (χ0n) is 22.1. The molecule has 3 rings (SSSR count). The fourth-order valence-electron chi connectivity index (χ4n) is 3.66. The molecule has 0 radical (unpaired) electrons. The van der Waals surface area contributed by atoms with Crippen LogP contribution in [0.4, 0.5) is 5.69 Å². The molecule has 6 N–H and O–H groups in total. The minimum Gasteiger partial charge on any atom is -0.480 e. The molecule has 13 heteroatoms. The number of guanidine groups is 1. The summed E-state index contributed by atoms with van der Waals surface area (Å²) in [7, 11) is 3.29. The lowest BCUT2D eigenvalue weighted by molar-refractivity contribution is -0.139. The highest BCUT2D eigenvalue weighted by molar-refractivity contribution is 6.40. The van der Waals surface area contributed by atoms with E-state index in [1.165, 1.54) is 0 Å². The Morgan fingerprint density at radius 1 is 0.878 bits per heavy atom. The zero-order valence-corrected chi connectivity index (χ0v) is 23.6. The number of rotatable bonds is 10. The number of carbonyl (C=O) groups excluding carboxylic acids is 3. The van der Waals surface area contributed by atoms with Crippen molar-refractivity contribution in [1.82, 2.24) is 21.3 Å². The minimum atomic E-state index is -1.49. The van der Waals surface area contributed by atoms with Gasteiger partial charge in [0.2, 0.25) is 5.91 Å². The van der Waals surface area contributed by atoms with Gasteiger partial charge in [-0.3, -0.25) is 19.4 Å². The van der Waals surface area contributed by atoms with Crippen molar-refractivity contribution in [1.29, 1.82) is 0 Å². The third-order valence-corrected chi connectivity index (χ3v) is 6.34. The van der Waals surface area contributed by atoms with E-state index in [1.54, 1.807) is 50.5 Å². The van der Waals surface area contributed by atoms with E-state index in [4.69, 9.17) is 23.2 Å². The van der Waals surface area contributed by atoms with E-state index in [0.717, 1.165) is 5.56 Å². The summed E-state index contributed by atoms with van der Waals surface area (Å²) in [5, 5.41) is 22.7. The van der Waals surface area contributed by atoms with E-state index in [1.807, 2.05) is 30.3 Å². The average Bonchev–Trinajstić information content (AvgIpc) is 2.96. The number of amides is 3. The number of hydrogen-bond donors (Lipinski definition) is 6. The second-order valence-corrected chi connectivity index (χ2v) is 9.37. The maximum Gasteiger partial charge on any atom is 0.328 e. The van der Waals surface area contributed by atoms with Crippen LogP contribution >= 0.6 is 23.2 Å². The molecule has 0 aliphatic heterocycles. The number of benzene rings is 3. The van der Waals surface area contributed by atoms with E-state index in [2.05, 4.69) is 31.6 Å². The Kier molecular flexibility index (Phi) is 11.1. The number of carbonyl (C=O) groups is 4. The zero-order chi connectivity index (χ0) is 29.9. The van der Waals surface area contributed by atoms with Crippen molar-refractivity contribution < 1.29 is 24.3 Å². The molecule has 3 aromatic rings. The minimum absolute atomic E-state index is 0.0353. The number of nitrogens with one attached hydrogen (secondary N) is 5. The number of carboxylic acid groups (broad SMARTS) is 1. The Labute approximate surface area is 246 Å². The van der Waals surface area contributed by atoms with Crippen LogP contribution in [0, 0.1) is 0 Å². The summed E-state index contributed by atoms with van der Waals surface area (Å²) in [5.41, 5.74) is 2.31. The summed E-state index contributed by atoms with van der Waals surface area (Å²) in [5.74, 6) is -2.90. The number of halogens is 2. The molecule has 0 aliphatic rings. The number of anilines is 1. The quantitative estimate of drug-likeness (QED) is 0.154. The van der Waals surface area contributed by atoms with Crippen molar-refractivity contribution in [3.63, 3.8) is 0 Å². The molecule has 3 aromatic carbocycles. The fourth-order valence-corrected chi connectivity index (χ4v) is 4.32. The van der Waals surface area contributed by atoms with E-state index in [0.29, 0.717) is 17.2 Å². The highest BCUT2D eigenvalue weighted by Gasteiger charge is 2.25. The number of hydrogen-bond acceptors (Lipinski definition) is 5. The molecule has 3 amide bonds. The SMILES string of the molecule is CN=C(NC)Nc1cccc(C(=O)NCC(=O)NCC(NC(=O)c2c(Cl)cc(-c3ccccc3)cc2Cl)C(=O)O)c1. The van der Waals surface area contributed by atoms with Gasteiger partial charge in [0.05, 0.1) is 22.2 Å². The molecule has 0 fully saturated rings. The molecule has 1 atom stereocenters. The van der Waals surface area contributed by atoms with Crippen LogP contribution in [0.15, 0.2) is 71.7 Å². The van der Waals surface area contributed by atoms with Crippen LogP contribution in [0.2, 0.25) is 10.0 Å². The first-order valence-corrected chi connectivity index (χ1v) is 13.0. The summed E-state index contributed by atoms with van der Waals surface area (Å²) < 4.78 is 0. The Balaban J connectivity index is 1.57. The van der Waals surface area contributed by atoms with Crippen molar-refractivity contribution in [3.05, 3.63) is 87.9 Å². The second kappa shape index (κ2) is 14.7. The molecule has 0 heterocycles. The van der Waals surface area contributed by atoms with Crippen LogP contribution in [-0.2, 0) is 9.59 Å². The van der Waals surface area contributed by atoms with Gasteiger partial charge < -0.3 is 31.7 Å². The van der Waals surface area contributed by atoms with Crippen LogP contribution in [0.3, 0.4) is 0 Å². The lowest BCUT2D eigenvalue weighted by Crippen LogP contribution is -2.50. The highest BCUT2D eigenvalue weighted by atomic mass is 35.5. The second-order valence-electron chi connectivity index (χ2n) is 8.56. The standard InChI is InChI=1S/C28H28Cl2N6O5/c1-31-28(32-2)35-19-10-6-9-17(11-19)25(38)34-15-23(37)33-14-22(27(40)41)36-26(39)24-20(29)12-18(13-21(24)30)16-7-4-3-5-8-16/h3-13,22H,14-15H2,1-2H3,(H,33,37)(H,34,38)(H,36,39)(H,40,41)(H2,31,32,35). The average molecular weight is 599 g/mol. The molecule has 1 unspecified atom stereocenters. The van der Waals surface area contributed by atoms with E-state index >= 15 is 0 Å². The molecule has 0 bridgehead atoms. The monoisotopic (exact) mass is 598 g/mol. The lowest BCUT2D eigenvalue weighted by atomic mass is 10.0. The summed E-state index contributed by atoms with van der Waals surface area (Å²) in [6.45, 7) is -0.872. The third-order valence-electron chi connectivity index (χ3n) is 5.74. The van der Waals surface area contributed by atoms with Gasteiger partial charge in [0.15, 0.2) is 5.96 Å². The molecule has 41 heavy (non-hydrogen) atoms. The lowest BCUT2D eigenvalue weighted by Gasteiger charge is -2.17. The predicted molar refractivity (Wildman–Crippen MR) is 159 cm³/mol. The molecular weight excluding hydrogens is 571 g/mol. The largest absolute Gasteiger partial charge is 0.480 e. The summed E-state index contributed by atoms with van der Waals surface area (Å²) in [4.78, 5) is 53.5. The van der Waals surface area contributed by atoms with Gasteiger partial charge in [0.1, 0.15) is 6.04 Å². The van der Waals surface area contributed by atoms with E-state index in [-0.39, 0.29) is 21.2 Å². The molecule has 0 spiro atoms. The van der Waals surface area contributed by atoms with Crippen molar-refractivity contribution in [2.75, 3.05) is 32.5 Å². The van der Waals surface area contributed by atoms with Gasteiger partial charge in [-0.05, 0) is 41.5 Å². The number of carboxylic acids is 1. The van der Waals surface area contributed by atoms with Gasteiger partial charge in [-0.2, -0.15) is 0 Å². The smallest absolute Gasteiger partial charge is 0.328 e. The molecular formula is C28H28Cl2N6O5. The van der Waals surface area contributed by atoms with Crippen LogP contribution in [0.1, 0.15) is 20.7 Å². The van der Waals surface area contributed by atoms with Crippen LogP contribution < -0.4 is 26.6 Å². The van der Waals surface area contributed by atoms with Gasteiger partial charge in [-0.15, -0.1) is 0 Å². The first-order valence-electron chi connectivity index (χ1n) is 12.3. The summed E-state index contributed by atoms with van der Waals surface area (Å²) in [6.07, 6.45) is 0. The summed E-state index contributed by atoms with van der Waals surface area (Å²) in [6, 6.07) is 17.4. The van der Waals surface area contributed by atoms with Gasteiger partial charge in [0.25, 0.3) is 11.8 Å². The maximum atomic E-state index is 12.9. The maximum absolute atomic E-state index is 12.9. The Bertz CT molecular complexity index is 1440. The van der Waals surface area contributed by atoms with Gasteiger partial charge >= 0.3 is 5.97 Å². The molecule has 11 nitrogen and oxygen atoms in total. The first kappa shape index (κ1) is 30.9. The topological polar surface area (TPSA) is 161 Å². The fraction of sp³-hybridized carbons (Fsp3) is 0.179. The van der Waals surface area contributed by atoms with Gasteiger partial charge in [-0.1, -0.05) is 59.6 Å². The van der Waals surface area contributed by atoms with Crippen molar-refractivity contribution in [2.24, 2.45) is 4.99 Å². The number of nitrogens with zero attached hydrogens (tertiary/aromatic N) is 1. The highest BCUT2D eigenvalue weighted by Crippen LogP contribution is 2.31. The van der Waals surface area contributed by atoms with Crippen molar-refractivity contribution in [2.45, 2.75) is 6.04 Å². The van der Waals surface area contributed by atoms with E-state index in [9.17, 15) is 24.3 Å². The van der Waals surface area contributed by atoms with Crippen molar-refractivity contribution >= 4 is 58.5 Å². The molecule has 0 saturated carbocycles. The summed E-state index contributed by atoms with van der Waals surface area (Å²) >= 11 is 12.7. The Morgan fingerprint density at radius 3 is 2.17 bits per heavy atom. The van der Waals surface area contributed by atoms with Crippen LogP contribution in [-0.4, -0.2) is 68.0 Å². The number of aliphatic imine (C=N–C) groups is 1. The van der Waals surface area contributed by atoms with Crippen molar-refractivity contribution in [3.8, 4) is 11.1 Å². The van der Waals surface area contributed by atoms with Gasteiger partial charge in [0, 0.05) is 31.9 Å². The Hall–Kier alpha value is -4.61. The number of aliphatic carboxylic acids is 1. The van der Waals surface area contributed by atoms with Crippen LogP contribution in [0.25, 0.3) is 11.1 Å².